The first kappa shape index (κ1) is 16.8. The Labute approximate surface area is 153 Å². The molecule has 0 spiro atoms. The van der Waals surface area contributed by atoms with Gasteiger partial charge in [-0.1, -0.05) is 24.3 Å². The van der Waals surface area contributed by atoms with Crippen LogP contribution in [0.3, 0.4) is 0 Å². The van der Waals surface area contributed by atoms with E-state index in [0.29, 0.717) is 18.0 Å². The molecule has 0 unspecified atom stereocenters. The second kappa shape index (κ2) is 6.90. The van der Waals surface area contributed by atoms with Gasteiger partial charge in [0, 0.05) is 12.6 Å². The van der Waals surface area contributed by atoms with Crippen LogP contribution in [0.2, 0.25) is 0 Å². The van der Waals surface area contributed by atoms with E-state index in [4.69, 9.17) is 14.2 Å². The minimum Gasteiger partial charge on any atom is -0.497 e. The van der Waals surface area contributed by atoms with E-state index >= 15 is 0 Å². The second-order valence-corrected chi connectivity index (χ2v) is 6.85. The van der Waals surface area contributed by atoms with Crippen molar-refractivity contribution in [2.45, 2.75) is 44.6 Å². The normalized spacial score (nSPS) is 21.2. The van der Waals surface area contributed by atoms with Gasteiger partial charge in [-0.3, -0.25) is 4.79 Å². The summed E-state index contributed by atoms with van der Waals surface area (Å²) in [6, 6.07) is 15.6. The molecular weight excluding hydrogens is 330 g/mol. The lowest BCUT2D eigenvalue weighted by Crippen LogP contribution is -2.51. The molecule has 5 heteroatoms. The zero-order valence-corrected chi connectivity index (χ0v) is 15.1. The number of ether oxygens (including phenoxy) is 3. The van der Waals surface area contributed by atoms with Gasteiger partial charge in [-0.05, 0) is 49.6 Å². The fourth-order valence-electron chi connectivity index (χ4n) is 3.26. The van der Waals surface area contributed by atoms with E-state index < -0.39 is 6.10 Å². The predicted molar refractivity (Wildman–Crippen MR) is 97.5 cm³/mol. The number of nitrogens with zero attached hydrogens (tertiary/aromatic N) is 1. The lowest BCUT2D eigenvalue weighted by Gasteiger charge is -2.34. The molecule has 136 valence electrons. The molecule has 2 atom stereocenters. The summed E-state index contributed by atoms with van der Waals surface area (Å²) in [4.78, 5) is 15.2. The van der Waals surface area contributed by atoms with Gasteiger partial charge < -0.3 is 19.1 Å². The van der Waals surface area contributed by atoms with E-state index in [2.05, 4.69) is 0 Å². The molecule has 1 heterocycles. The van der Waals surface area contributed by atoms with Crippen molar-refractivity contribution in [2.75, 3.05) is 7.11 Å². The van der Waals surface area contributed by atoms with E-state index in [0.717, 1.165) is 24.2 Å². The SMILES string of the molecule is COc1ccc(CN(C(=O)[C@H]2Oc3ccccc3O[C@@H]2C)C2CC2)cc1. The monoisotopic (exact) mass is 353 g/mol. The average molecular weight is 353 g/mol. The molecule has 2 aliphatic rings. The van der Waals surface area contributed by atoms with Gasteiger partial charge in [0.05, 0.1) is 7.11 Å². The number of para-hydroxylation sites is 2. The highest BCUT2D eigenvalue weighted by atomic mass is 16.6. The summed E-state index contributed by atoms with van der Waals surface area (Å²) in [7, 11) is 1.65. The largest absolute Gasteiger partial charge is 0.497 e. The Morgan fingerprint density at radius 3 is 2.35 bits per heavy atom. The Morgan fingerprint density at radius 2 is 1.73 bits per heavy atom. The standard InChI is InChI=1S/C21H23NO4/c1-14-20(26-19-6-4-3-5-18(19)25-14)21(23)22(16-9-10-16)13-15-7-11-17(24-2)12-8-15/h3-8,11-12,14,16,20H,9-10,13H2,1-2H3/t14-,20+/m1/s1. The Morgan fingerprint density at radius 1 is 1.08 bits per heavy atom. The van der Waals surface area contributed by atoms with Gasteiger partial charge in [0.2, 0.25) is 6.10 Å². The topological polar surface area (TPSA) is 48.0 Å². The van der Waals surface area contributed by atoms with Crippen molar-refractivity contribution in [1.82, 2.24) is 4.90 Å². The molecule has 1 fully saturated rings. The van der Waals surface area contributed by atoms with Gasteiger partial charge >= 0.3 is 0 Å². The number of benzene rings is 2. The zero-order chi connectivity index (χ0) is 18.1. The van der Waals surface area contributed by atoms with E-state index in [1.54, 1.807) is 7.11 Å². The molecule has 0 saturated heterocycles. The van der Waals surface area contributed by atoms with Crippen LogP contribution in [0, 0.1) is 0 Å². The van der Waals surface area contributed by atoms with Crippen LogP contribution in [0.1, 0.15) is 25.3 Å². The summed E-state index contributed by atoms with van der Waals surface area (Å²) < 4.78 is 17.1. The first-order valence-electron chi connectivity index (χ1n) is 9.01. The molecule has 2 aromatic rings. The van der Waals surface area contributed by atoms with Crippen LogP contribution in [0.5, 0.6) is 17.2 Å². The second-order valence-electron chi connectivity index (χ2n) is 6.85. The fourth-order valence-corrected chi connectivity index (χ4v) is 3.26. The van der Waals surface area contributed by atoms with Crippen LogP contribution >= 0.6 is 0 Å². The first-order chi connectivity index (χ1) is 12.7. The van der Waals surface area contributed by atoms with Crippen LogP contribution in [-0.4, -0.2) is 36.2 Å². The van der Waals surface area contributed by atoms with Crippen LogP contribution < -0.4 is 14.2 Å². The molecule has 1 amide bonds. The number of hydrogen-bond donors (Lipinski definition) is 0. The highest BCUT2D eigenvalue weighted by molar-refractivity contribution is 5.83. The molecule has 1 aliphatic carbocycles. The van der Waals surface area contributed by atoms with Gasteiger partial charge in [-0.2, -0.15) is 0 Å². The van der Waals surface area contributed by atoms with Gasteiger partial charge in [0.25, 0.3) is 5.91 Å². The number of hydrogen-bond acceptors (Lipinski definition) is 4. The van der Waals surface area contributed by atoms with Crippen molar-refractivity contribution in [3.05, 3.63) is 54.1 Å². The Balaban J connectivity index is 1.52. The van der Waals surface area contributed by atoms with Crippen LogP contribution in [-0.2, 0) is 11.3 Å². The third-order valence-electron chi connectivity index (χ3n) is 4.87. The summed E-state index contributed by atoms with van der Waals surface area (Å²) in [5.74, 6) is 2.12. The molecule has 0 bridgehead atoms. The Bertz CT molecular complexity index is 785. The molecule has 1 saturated carbocycles. The fraction of sp³-hybridized carbons (Fsp3) is 0.381. The van der Waals surface area contributed by atoms with Crippen LogP contribution in [0.4, 0.5) is 0 Å². The van der Waals surface area contributed by atoms with E-state index in [-0.39, 0.29) is 18.1 Å². The molecule has 0 aromatic heterocycles. The molecule has 2 aromatic carbocycles. The summed E-state index contributed by atoms with van der Waals surface area (Å²) in [6.45, 7) is 2.46. The van der Waals surface area contributed by atoms with Crippen molar-refractivity contribution >= 4 is 5.91 Å². The van der Waals surface area contributed by atoms with E-state index in [1.807, 2.05) is 60.4 Å². The minimum absolute atomic E-state index is 0.00896. The van der Waals surface area contributed by atoms with Crippen molar-refractivity contribution in [3.8, 4) is 17.2 Å². The molecule has 5 nitrogen and oxygen atoms in total. The van der Waals surface area contributed by atoms with Crippen molar-refractivity contribution in [3.63, 3.8) is 0 Å². The highest BCUT2D eigenvalue weighted by Crippen LogP contribution is 2.36. The lowest BCUT2D eigenvalue weighted by atomic mass is 10.1. The van der Waals surface area contributed by atoms with Crippen LogP contribution in [0.15, 0.2) is 48.5 Å². The van der Waals surface area contributed by atoms with Crippen LogP contribution in [0.25, 0.3) is 0 Å². The van der Waals surface area contributed by atoms with E-state index in [9.17, 15) is 4.79 Å². The smallest absolute Gasteiger partial charge is 0.268 e. The average Bonchev–Trinajstić information content (AvgIpc) is 3.50. The number of carbonyl (C=O) groups is 1. The summed E-state index contributed by atoms with van der Waals surface area (Å²) in [5.41, 5.74) is 1.08. The lowest BCUT2D eigenvalue weighted by molar-refractivity contribution is -0.145. The van der Waals surface area contributed by atoms with Crippen molar-refractivity contribution in [2.24, 2.45) is 0 Å². The molecule has 1 aliphatic heterocycles. The van der Waals surface area contributed by atoms with Gasteiger partial charge in [0.15, 0.2) is 11.5 Å². The third kappa shape index (κ3) is 3.34. The minimum atomic E-state index is -0.622. The maximum atomic E-state index is 13.2. The maximum Gasteiger partial charge on any atom is 0.268 e. The number of fused-ring (bicyclic) bond motifs is 1. The number of methoxy groups -OCH3 is 1. The van der Waals surface area contributed by atoms with Crippen molar-refractivity contribution < 1.29 is 19.0 Å². The van der Waals surface area contributed by atoms with Crippen molar-refractivity contribution in [1.29, 1.82) is 0 Å². The number of amides is 1. The number of rotatable bonds is 5. The quantitative estimate of drug-likeness (QED) is 0.826. The Hall–Kier alpha value is -2.69. The molecule has 26 heavy (non-hydrogen) atoms. The molecular formula is C21H23NO4. The zero-order valence-electron chi connectivity index (χ0n) is 15.1. The predicted octanol–water partition coefficient (Wildman–Crippen LogP) is 3.41. The van der Waals surface area contributed by atoms with E-state index in [1.165, 1.54) is 0 Å². The van der Waals surface area contributed by atoms with Gasteiger partial charge in [-0.25, -0.2) is 0 Å². The third-order valence-corrected chi connectivity index (χ3v) is 4.87. The molecule has 0 radical (unpaired) electrons. The first-order valence-corrected chi connectivity index (χ1v) is 9.01. The molecule has 0 N–H and O–H groups in total. The Kier molecular flexibility index (Phi) is 4.45. The number of carbonyl (C=O) groups excluding carboxylic acids is 1. The van der Waals surface area contributed by atoms with Gasteiger partial charge in [-0.15, -0.1) is 0 Å². The summed E-state index contributed by atoms with van der Waals surface area (Å²) >= 11 is 0. The summed E-state index contributed by atoms with van der Waals surface area (Å²) in [6.07, 6.45) is 1.14. The molecule has 4 rings (SSSR count). The summed E-state index contributed by atoms with van der Waals surface area (Å²) in [5, 5.41) is 0. The maximum absolute atomic E-state index is 13.2. The highest BCUT2D eigenvalue weighted by Gasteiger charge is 2.41. The van der Waals surface area contributed by atoms with Gasteiger partial charge in [0.1, 0.15) is 11.9 Å².